The van der Waals surface area contributed by atoms with Crippen LogP contribution in [0.1, 0.15) is 27.3 Å². The van der Waals surface area contributed by atoms with Gasteiger partial charge in [-0.3, -0.25) is 4.79 Å². The van der Waals surface area contributed by atoms with E-state index in [0.717, 1.165) is 27.7 Å². The van der Waals surface area contributed by atoms with Gasteiger partial charge in [-0.25, -0.2) is 5.43 Å². The van der Waals surface area contributed by atoms with Crippen molar-refractivity contribution in [2.45, 2.75) is 13.8 Å². The van der Waals surface area contributed by atoms with Crippen LogP contribution in [0.4, 0.5) is 0 Å². The number of aryl methyl sites for hydroxylation is 1. The first-order valence-electron chi connectivity index (χ1n) is 7.51. The molecule has 1 amide bonds. The number of carbonyl (C=O) groups excluding carboxylic acids is 1. The van der Waals surface area contributed by atoms with Gasteiger partial charge in [0.15, 0.2) is 0 Å². The number of amides is 1. The van der Waals surface area contributed by atoms with Gasteiger partial charge in [-0.05, 0) is 42.8 Å². The first kappa shape index (κ1) is 15.0. The average molecular weight is 305 g/mol. The fraction of sp³-hybridized carbons (Fsp3) is 0.158. The third-order valence-electron chi connectivity index (χ3n) is 4.20. The number of benzene rings is 2. The zero-order valence-corrected chi connectivity index (χ0v) is 13.5. The van der Waals surface area contributed by atoms with Gasteiger partial charge >= 0.3 is 0 Å². The van der Waals surface area contributed by atoms with E-state index in [-0.39, 0.29) is 5.91 Å². The molecule has 4 heteroatoms. The van der Waals surface area contributed by atoms with Crippen molar-refractivity contribution in [2.75, 3.05) is 0 Å². The van der Waals surface area contributed by atoms with Crippen LogP contribution in [0.15, 0.2) is 53.6 Å². The molecule has 0 unspecified atom stereocenters. The fourth-order valence-corrected chi connectivity index (χ4v) is 2.57. The Kier molecular flexibility index (Phi) is 3.98. The molecular weight excluding hydrogens is 286 g/mol. The number of nitrogens with one attached hydrogen (secondary N) is 1. The predicted molar refractivity (Wildman–Crippen MR) is 93.9 cm³/mol. The Hall–Kier alpha value is -2.88. The molecule has 1 aromatic heterocycles. The molecule has 1 N–H and O–H groups in total. The summed E-state index contributed by atoms with van der Waals surface area (Å²) in [6, 6.07) is 15.6. The van der Waals surface area contributed by atoms with Crippen LogP contribution in [0.2, 0.25) is 0 Å². The van der Waals surface area contributed by atoms with Crippen LogP contribution in [0.25, 0.3) is 10.8 Å². The summed E-state index contributed by atoms with van der Waals surface area (Å²) in [5, 5.41) is 6.23. The molecule has 0 saturated carbocycles. The smallest absolute Gasteiger partial charge is 0.271 e. The van der Waals surface area contributed by atoms with Crippen LogP contribution < -0.4 is 5.43 Å². The highest BCUT2D eigenvalue weighted by Crippen LogP contribution is 2.15. The van der Waals surface area contributed by atoms with Crippen LogP contribution in [-0.2, 0) is 7.05 Å². The first-order chi connectivity index (χ1) is 11.1. The van der Waals surface area contributed by atoms with E-state index in [4.69, 9.17) is 0 Å². The van der Waals surface area contributed by atoms with Crippen molar-refractivity contribution in [3.63, 3.8) is 0 Å². The lowest BCUT2D eigenvalue weighted by Crippen LogP contribution is -2.17. The van der Waals surface area contributed by atoms with Crippen LogP contribution in [-0.4, -0.2) is 16.7 Å². The van der Waals surface area contributed by atoms with E-state index in [0.29, 0.717) is 5.56 Å². The SMILES string of the molecule is Cc1cc(/C=N\NC(=O)c2ccc3ccccc3c2)c(C)n1C. The van der Waals surface area contributed by atoms with Gasteiger partial charge in [-0.1, -0.05) is 30.3 Å². The maximum absolute atomic E-state index is 12.2. The zero-order valence-electron chi connectivity index (χ0n) is 13.5. The van der Waals surface area contributed by atoms with Crippen molar-refractivity contribution < 1.29 is 4.79 Å². The number of hydrogen-bond donors (Lipinski definition) is 1. The van der Waals surface area contributed by atoms with Gasteiger partial charge < -0.3 is 4.57 Å². The Morgan fingerprint density at radius 2 is 1.83 bits per heavy atom. The topological polar surface area (TPSA) is 46.4 Å². The largest absolute Gasteiger partial charge is 0.352 e. The van der Waals surface area contributed by atoms with Crippen LogP contribution in [0.5, 0.6) is 0 Å². The molecule has 116 valence electrons. The van der Waals surface area contributed by atoms with E-state index in [2.05, 4.69) is 15.1 Å². The Balaban J connectivity index is 1.75. The molecule has 0 radical (unpaired) electrons. The summed E-state index contributed by atoms with van der Waals surface area (Å²) in [5.41, 5.74) is 6.47. The predicted octanol–water partition coefficient (Wildman–Crippen LogP) is 3.56. The molecule has 3 rings (SSSR count). The van der Waals surface area contributed by atoms with Crippen molar-refractivity contribution >= 4 is 22.9 Å². The van der Waals surface area contributed by atoms with Gasteiger partial charge in [0.05, 0.1) is 6.21 Å². The standard InChI is InChI=1S/C19H19N3O/c1-13-10-18(14(2)22(13)3)12-20-21-19(23)17-9-8-15-6-4-5-7-16(15)11-17/h4-12H,1-3H3,(H,21,23)/b20-12-. The number of carbonyl (C=O) groups is 1. The summed E-state index contributed by atoms with van der Waals surface area (Å²) in [6.07, 6.45) is 1.68. The first-order valence-corrected chi connectivity index (χ1v) is 7.51. The Labute approximate surface area is 135 Å². The highest BCUT2D eigenvalue weighted by Gasteiger charge is 2.06. The minimum atomic E-state index is -0.211. The maximum atomic E-state index is 12.2. The average Bonchev–Trinajstić information content (AvgIpc) is 2.81. The number of hydrazone groups is 1. The second-order valence-electron chi connectivity index (χ2n) is 5.65. The van der Waals surface area contributed by atoms with Gasteiger partial charge in [0, 0.05) is 29.6 Å². The fourth-order valence-electron chi connectivity index (χ4n) is 2.57. The number of aromatic nitrogens is 1. The van der Waals surface area contributed by atoms with Crippen molar-refractivity contribution in [3.8, 4) is 0 Å². The summed E-state index contributed by atoms with van der Waals surface area (Å²) in [5.74, 6) is -0.211. The molecule has 0 bridgehead atoms. The summed E-state index contributed by atoms with van der Waals surface area (Å²) in [6.45, 7) is 4.07. The van der Waals surface area contributed by atoms with E-state index in [1.165, 1.54) is 0 Å². The molecule has 2 aromatic carbocycles. The highest BCUT2D eigenvalue weighted by molar-refractivity contribution is 5.99. The number of rotatable bonds is 3. The molecule has 0 spiro atoms. The van der Waals surface area contributed by atoms with E-state index in [9.17, 15) is 4.79 Å². The summed E-state index contributed by atoms with van der Waals surface area (Å²) < 4.78 is 2.09. The quantitative estimate of drug-likeness (QED) is 0.583. The molecule has 0 aliphatic carbocycles. The van der Waals surface area contributed by atoms with E-state index in [1.807, 2.05) is 69.4 Å². The summed E-state index contributed by atoms with van der Waals surface area (Å²) in [4.78, 5) is 12.2. The lowest BCUT2D eigenvalue weighted by molar-refractivity contribution is 0.0955. The third kappa shape index (κ3) is 3.01. The molecule has 0 aliphatic rings. The molecule has 0 aliphatic heterocycles. The second kappa shape index (κ2) is 6.08. The zero-order chi connectivity index (χ0) is 16.4. The Morgan fingerprint density at radius 1 is 1.09 bits per heavy atom. The van der Waals surface area contributed by atoms with Crippen molar-refractivity contribution in [1.29, 1.82) is 0 Å². The molecule has 0 saturated heterocycles. The van der Waals surface area contributed by atoms with Crippen molar-refractivity contribution in [1.82, 2.24) is 9.99 Å². The lowest BCUT2D eigenvalue weighted by Gasteiger charge is -2.02. The lowest BCUT2D eigenvalue weighted by atomic mass is 10.1. The molecule has 23 heavy (non-hydrogen) atoms. The van der Waals surface area contributed by atoms with Gasteiger partial charge in [-0.2, -0.15) is 5.10 Å². The van der Waals surface area contributed by atoms with E-state index < -0.39 is 0 Å². The van der Waals surface area contributed by atoms with Crippen molar-refractivity contribution in [2.24, 2.45) is 12.1 Å². The van der Waals surface area contributed by atoms with Gasteiger partial charge in [0.25, 0.3) is 5.91 Å². The Bertz CT molecular complexity index is 906. The normalized spacial score (nSPS) is 11.3. The monoisotopic (exact) mass is 305 g/mol. The Morgan fingerprint density at radius 3 is 2.52 bits per heavy atom. The van der Waals surface area contributed by atoms with Crippen LogP contribution in [0, 0.1) is 13.8 Å². The molecule has 0 fully saturated rings. The van der Waals surface area contributed by atoms with Crippen LogP contribution >= 0.6 is 0 Å². The van der Waals surface area contributed by atoms with Gasteiger partial charge in [0.2, 0.25) is 0 Å². The molecular formula is C19H19N3O. The summed E-state index contributed by atoms with van der Waals surface area (Å²) >= 11 is 0. The van der Waals surface area contributed by atoms with E-state index >= 15 is 0 Å². The minimum Gasteiger partial charge on any atom is -0.352 e. The van der Waals surface area contributed by atoms with Crippen LogP contribution in [0.3, 0.4) is 0 Å². The third-order valence-corrected chi connectivity index (χ3v) is 4.20. The van der Waals surface area contributed by atoms with Gasteiger partial charge in [-0.15, -0.1) is 0 Å². The number of hydrogen-bond acceptors (Lipinski definition) is 2. The highest BCUT2D eigenvalue weighted by atomic mass is 16.2. The maximum Gasteiger partial charge on any atom is 0.271 e. The van der Waals surface area contributed by atoms with Crippen molar-refractivity contribution in [3.05, 3.63) is 71.0 Å². The summed E-state index contributed by atoms with van der Waals surface area (Å²) in [7, 11) is 2.01. The minimum absolute atomic E-state index is 0.211. The molecule has 4 nitrogen and oxygen atoms in total. The number of fused-ring (bicyclic) bond motifs is 1. The molecule has 1 heterocycles. The number of nitrogens with zero attached hydrogens (tertiary/aromatic N) is 2. The molecule has 0 atom stereocenters. The second-order valence-corrected chi connectivity index (χ2v) is 5.65. The van der Waals surface area contributed by atoms with Gasteiger partial charge in [0.1, 0.15) is 0 Å². The van der Waals surface area contributed by atoms with E-state index in [1.54, 1.807) is 6.21 Å². The molecule has 3 aromatic rings.